The van der Waals surface area contributed by atoms with Crippen LogP contribution >= 0.6 is 0 Å². The van der Waals surface area contributed by atoms with Gasteiger partial charge in [0, 0.05) is 31.4 Å². The summed E-state index contributed by atoms with van der Waals surface area (Å²) in [6.45, 7) is 8.35. The summed E-state index contributed by atoms with van der Waals surface area (Å²) in [5.74, 6) is 0.955. The van der Waals surface area contributed by atoms with Crippen LogP contribution in [0.1, 0.15) is 52.7 Å². The first-order chi connectivity index (χ1) is 14.6. The number of nitrogens with zero attached hydrogens (tertiary/aromatic N) is 3. The summed E-state index contributed by atoms with van der Waals surface area (Å²) in [6.07, 6.45) is 8.15. The Morgan fingerprint density at radius 3 is 2.53 bits per heavy atom. The lowest BCUT2D eigenvalue weighted by molar-refractivity contribution is 0.0535. The van der Waals surface area contributed by atoms with E-state index in [1.165, 1.54) is 49.9 Å². The van der Waals surface area contributed by atoms with Crippen LogP contribution < -0.4 is 4.90 Å². The largest absolute Gasteiger partial charge is 0.457 e. The van der Waals surface area contributed by atoms with E-state index in [1.807, 2.05) is 18.3 Å². The third-order valence-corrected chi connectivity index (χ3v) is 7.69. The van der Waals surface area contributed by atoms with Crippen LogP contribution in [-0.4, -0.2) is 48.6 Å². The second-order valence-electron chi connectivity index (χ2n) is 9.22. The van der Waals surface area contributed by atoms with Gasteiger partial charge in [-0.15, -0.1) is 0 Å². The van der Waals surface area contributed by atoms with Crippen LogP contribution in [0.2, 0.25) is 0 Å². The van der Waals surface area contributed by atoms with E-state index in [2.05, 4.69) is 39.9 Å². The van der Waals surface area contributed by atoms with Crippen molar-refractivity contribution in [1.29, 1.82) is 0 Å². The normalized spacial score (nSPS) is 21.0. The molecule has 0 N–H and O–H groups in total. The molecule has 1 aromatic heterocycles. The van der Waals surface area contributed by atoms with Crippen LogP contribution in [0.3, 0.4) is 0 Å². The number of anilines is 1. The first-order valence-electron chi connectivity index (χ1n) is 11.3. The average Bonchev–Trinajstić information content (AvgIpc) is 3.17. The highest BCUT2D eigenvalue weighted by Gasteiger charge is 2.37. The molecule has 5 nitrogen and oxygen atoms in total. The molecule has 0 atom stereocenters. The smallest absolute Gasteiger partial charge is 0.338 e. The standard InChI is InChI=1S/C25H31N3O2/c1-19-20(5-6-21-22(19)18-30-24(21)29)7-13-27-14-8-25(9-15-27)10-16-28(17-11-25)23-4-2-3-12-26-23/h2-6,12H,7-11,13-18H2,1H3. The van der Waals surface area contributed by atoms with Crippen molar-refractivity contribution in [3.8, 4) is 0 Å². The first-order valence-corrected chi connectivity index (χ1v) is 11.3. The number of piperidine rings is 2. The molecule has 0 amide bonds. The molecular formula is C25H31N3O2. The van der Waals surface area contributed by atoms with E-state index in [0.29, 0.717) is 12.0 Å². The highest BCUT2D eigenvalue weighted by molar-refractivity contribution is 5.93. The van der Waals surface area contributed by atoms with Gasteiger partial charge in [-0.05, 0) is 86.9 Å². The topological polar surface area (TPSA) is 45.7 Å². The fraction of sp³-hybridized carbons (Fsp3) is 0.520. The Hall–Kier alpha value is -2.40. The van der Waals surface area contributed by atoms with Gasteiger partial charge in [-0.25, -0.2) is 9.78 Å². The van der Waals surface area contributed by atoms with Crippen molar-refractivity contribution in [2.45, 2.75) is 45.6 Å². The van der Waals surface area contributed by atoms with Gasteiger partial charge in [0.05, 0.1) is 5.56 Å². The zero-order chi connectivity index (χ0) is 20.6. The monoisotopic (exact) mass is 405 g/mol. The summed E-state index contributed by atoms with van der Waals surface area (Å²) < 4.78 is 5.20. The molecule has 4 heterocycles. The van der Waals surface area contributed by atoms with E-state index < -0.39 is 0 Å². The van der Waals surface area contributed by atoms with Crippen molar-refractivity contribution in [3.63, 3.8) is 0 Å². The summed E-state index contributed by atoms with van der Waals surface area (Å²) in [5, 5.41) is 0. The molecular weight excluding hydrogens is 374 g/mol. The van der Waals surface area contributed by atoms with Crippen molar-refractivity contribution >= 4 is 11.8 Å². The van der Waals surface area contributed by atoms with E-state index in [9.17, 15) is 4.79 Å². The number of pyridine rings is 1. The Morgan fingerprint density at radius 2 is 1.80 bits per heavy atom. The molecule has 0 saturated carbocycles. The summed E-state index contributed by atoms with van der Waals surface area (Å²) >= 11 is 0. The number of hydrogen-bond donors (Lipinski definition) is 0. The van der Waals surface area contributed by atoms with Crippen LogP contribution in [0.5, 0.6) is 0 Å². The lowest BCUT2D eigenvalue weighted by atomic mass is 9.71. The van der Waals surface area contributed by atoms with Crippen LogP contribution in [0.4, 0.5) is 5.82 Å². The molecule has 3 aliphatic heterocycles. The van der Waals surface area contributed by atoms with E-state index in [-0.39, 0.29) is 5.97 Å². The van der Waals surface area contributed by atoms with Crippen molar-refractivity contribution < 1.29 is 9.53 Å². The molecule has 5 heteroatoms. The minimum absolute atomic E-state index is 0.171. The maximum atomic E-state index is 11.7. The number of carbonyl (C=O) groups is 1. The highest BCUT2D eigenvalue weighted by atomic mass is 16.5. The Labute approximate surface area is 179 Å². The number of benzene rings is 1. The first kappa shape index (κ1) is 19.6. The maximum Gasteiger partial charge on any atom is 0.338 e. The molecule has 30 heavy (non-hydrogen) atoms. The van der Waals surface area contributed by atoms with Crippen molar-refractivity contribution in [2.24, 2.45) is 5.41 Å². The molecule has 1 spiro atoms. The molecule has 3 aliphatic rings. The Morgan fingerprint density at radius 1 is 1.03 bits per heavy atom. The number of esters is 1. The summed E-state index contributed by atoms with van der Waals surface area (Å²) in [6, 6.07) is 10.3. The lowest BCUT2D eigenvalue weighted by Gasteiger charge is -2.47. The second-order valence-corrected chi connectivity index (χ2v) is 9.22. The Kier molecular flexibility index (Phi) is 5.23. The predicted octanol–water partition coefficient (Wildman–Crippen LogP) is 3.99. The van der Waals surface area contributed by atoms with Crippen LogP contribution in [0.25, 0.3) is 0 Å². The summed E-state index contributed by atoms with van der Waals surface area (Å²) in [7, 11) is 0. The summed E-state index contributed by atoms with van der Waals surface area (Å²) in [4.78, 5) is 21.3. The Bertz CT molecular complexity index is 909. The molecule has 158 valence electrons. The SMILES string of the molecule is Cc1c(CCN2CCC3(CC2)CCN(c2ccccn2)CC3)ccc2c1COC2=O. The molecule has 0 unspecified atom stereocenters. The fourth-order valence-electron chi connectivity index (χ4n) is 5.45. The minimum Gasteiger partial charge on any atom is -0.457 e. The molecule has 2 saturated heterocycles. The molecule has 1 aromatic carbocycles. The second kappa shape index (κ2) is 8.03. The zero-order valence-electron chi connectivity index (χ0n) is 17.9. The van der Waals surface area contributed by atoms with Gasteiger partial charge in [0.25, 0.3) is 0 Å². The molecule has 5 rings (SSSR count). The van der Waals surface area contributed by atoms with Crippen LogP contribution in [0.15, 0.2) is 36.5 Å². The van der Waals surface area contributed by atoms with Gasteiger partial charge in [-0.2, -0.15) is 0 Å². The molecule has 0 aliphatic carbocycles. The van der Waals surface area contributed by atoms with Crippen molar-refractivity contribution in [3.05, 3.63) is 58.8 Å². The van der Waals surface area contributed by atoms with Gasteiger partial charge in [0.2, 0.25) is 0 Å². The molecule has 0 bridgehead atoms. The Balaban J connectivity index is 1.13. The maximum absolute atomic E-state index is 11.7. The van der Waals surface area contributed by atoms with Crippen LogP contribution in [-0.2, 0) is 17.8 Å². The number of rotatable bonds is 4. The average molecular weight is 406 g/mol. The highest BCUT2D eigenvalue weighted by Crippen LogP contribution is 2.42. The number of hydrogen-bond acceptors (Lipinski definition) is 5. The number of fused-ring (bicyclic) bond motifs is 1. The molecule has 2 fully saturated rings. The molecule has 2 aromatic rings. The van der Waals surface area contributed by atoms with E-state index >= 15 is 0 Å². The van der Waals surface area contributed by atoms with E-state index in [4.69, 9.17) is 4.74 Å². The number of aromatic nitrogens is 1. The predicted molar refractivity (Wildman–Crippen MR) is 118 cm³/mol. The summed E-state index contributed by atoms with van der Waals surface area (Å²) in [5.41, 5.74) is 4.98. The van der Waals surface area contributed by atoms with E-state index in [1.54, 1.807) is 0 Å². The quantitative estimate of drug-likeness (QED) is 0.720. The van der Waals surface area contributed by atoms with Gasteiger partial charge < -0.3 is 14.5 Å². The third kappa shape index (κ3) is 3.71. The van der Waals surface area contributed by atoms with Gasteiger partial charge in [-0.1, -0.05) is 12.1 Å². The number of cyclic esters (lactones) is 1. The number of carbonyl (C=O) groups excluding carboxylic acids is 1. The zero-order valence-corrected chi connectivity index (χ0v) is 17.9. The van der Waals surface area contributed by atoms with Crippen LogP contribution in [0, 0.1) is 12.3 Å². The van der Waals surface area contributed by atoms with E-state index in [0.717, 1.165) is 43.0 Å². The van der Waals surface area contributed by atoms with Gasteiger partial charge >= 0.3 is 5.97 Å². The number of likely N-dealkylation sites (tertiary alicyclic amines) is 1. The van der Waals surface area contributed by atoms with Gasteiger partial charge in [0.1, 0.15) is 12.4 Å². The van der Waals surface area contributed by atoms with Crippen molar-refractivity contribution in [1.82, 2.24) is 9.88 Å². The molecule has 0 radical (unpaired) electrons. The minimum atomic E-state index is -0.171. The third-order valence-electron chi connectivity index (χ3n) is 7.69. The fourth-order valence-corrected chi connectivity index (χ4v) is 5.45. The van der Waals surface area contributed by atoms with Crippen molar-refractivity contribution in [2.75, 3.05) is 37.6 Å². The number of ether oxygens (including phenoxy) is 1. The van der Waals surface area contributed by atoms with Gasteiger partial charge in [0.15, 0.2) is 0 Å². The van der Waals surface area contributed by atoms with Gasteiger partial charge in [-0.3, -0.25) is 0 Å². The lowest BCUT2D eigenvalue weighted by Crippen LogP contribution is -2.47.